The summed E-state index contributed by atoms with van der Waals surface area (Å²) >= 11 is 5.97. The third-order valence-electron chi connectivity index (χ3n) is 4.77. The van der Waals surface area contributed by atoms with Gasteiger partial charge in [-0.2, -0.15) is 5.10 Å². The molecule has 5 nitrogen and oxygen atoms in total. The van der Waals surface area contributed by atoms with Gasteiger partial charge in [0, 0.05) is 22.3 Å². The van der Waals surface area contributed by atoms with E-state index in [1.165, 1.54) is 4.68 Å². The molecular weight excluding hydrogens is 374 g/mol. The largest absolute Gasteiger partial charge is 0.310 e. The number of benzene rings is 3. The van der Waals surface area contributed by atoms with Crippen LogP contribution in [0.4, 0.5) is 5.69 Å². The molecule has 0 saturated carbocycles. The Labute approximate surface area is 166 Å². The van der Waals surface area contributed by atoms with Crippen molar-refractivity contribution in [3.63, 3.8) is 0 Å². The predicted molar refractivity (Wildman–Crippen MR) is 113 cm³/mol. The topological polar surface area (TPSA) is 55.2 Å². The molecule has 1 heterocycles. The third-order valence-corrected chi connectivity index (χ3v) is 5.01. The molecule has 0 fully saturated rings. The Morgan fingerprint density at radius 3 is 2.64 bits per heavy atom. The van der Waals surface area contributed by atoms with Crippen LogP contribution in [0.2, 0.25) is 5.02 Å². The minimum Gasteiger partial charge on any atom is -0.310 e. The summed E-state index contributed by atoms with van der Waals surface area (Å²) in [4.78, 5) is 27.4. The van der Waals surface area contributed by atoms with Crippen LogP contribution in [0.25, 0.3) is 21.5 Å². The average Bonchev–Trinajstić information content (AvgIpc) is 2.71. The van der Waals surface area contributed by atoms with E-state index in [4.69, 9.17) is 11.6 Å². The van der Waals surface area contributed by atoms with Crippen molar-refractivity contribution in [3.05, 3.63) is 82.2 Å². The number of halogens is 1. The first kappa shape index (κ1) is 18.2. The van der Waals surface area contributed by atoms with Crippen molar-refractivity contribution in [1.29, 1.82) is 0 Å². The van der Waals surface area contributed by atoms with E-state index < -0.39 is 0 Å². The van der Waals surface area contributed by atoms with Crippen LogP contribution < -0.4 is 10.5 Å². The number of carbonyl (C=O) groups is 1. The zero-order valence-electron chi connectivity index (χ0n) is 15.3. The molecule has 4 aromatic rings. The predicted octanol–water partition coefficient (Wildman–Crippen LogP) is 4.26. The van der Waals surface area contributed by atoms with E-state index in [0.29, 0.717) is 22.3 Å². The number of fused-ring (bicyclic) bond motifs is 2. The number of aromatic nitrogens is 2. The molecule has 28 heavy (non-hydrogen) atoms. The number of carbonyl (C=O) groups excluding carboxylic acids is 1. The van der Waals surface area contributed by atoms with E-state index >= 15 is 0 Å². The van der Waals surface area contributed by atoms with Crippen molar-refractivity contribution in [2.75, 3.05) is 11.4 Å². The Morgan fingerprint density at radius 1 is 1.04 bits per heavy atom. The molecular formula is C22H18ClN3O2. The average molecular weight is 392 g/mol. The maximum Gasteiger partial charge on any atom is 0.275 e. The lowest BCUT2D eigenvalue weighted by atomic mass is 10.1. The lowest BCUT2D eigenvalue weighted by Crippen LogP contribution is -2.37. The van der Waals surface area contributed by atoms with E-state index in [9.17, 15) is 9.59 Å². The summed E-state index contributed by atoms with van der Waals surface area (Å²) in [6.45, 7) is 2.28. The molecule has 1 aromatic heterocycles. The smallest absolute Gasteiger partial charge is 0.275 e. The van der Waals surface area contributed by atoms with E-state index in [0.717, 1.165) is 16.5 Å². The minimum absolute atomic E-state index is 0.130. The summed E-state index contributed by atoms with van der Waals surface area (Å²) in [5, 5.41) is 7.89. The van der Waals surface area contributed by atoms with E-state index in [1.54, 1.807) is 29.3 Å². The maximum absolute atomic E-state index is 13.0. The molecule has 1 amide bonds. The van der Waals surface area contributed by atoms with Gasteiger partial charge in [-0.15, -0.1) is 0 Å². The number of hydrogen-bond donors (Lipinski definition) is 0. The van der Waals surface area contributed by atoms with E-state index in [2.05, 4.69) is 5.10 Å². The molecule has 0 spiro atoms. The Bertz CT molecular complexity index is 1240. The van der Waals surface area contributed by atoms with Gasteiger partial charge in [0.1, 0.15) is 6.54 Å². The standard InChI is InChI=1S/C22H18ClN3O2/c1-2-25(20-9-5-7-15-6-3-4-8-18(15)20)21(27)14-26-22(28)19-11-10-17(23)12-16(19)13-24-26/h3-13H,2,14H2,1H3. The molecule has 0 N–H and O–H groups in total. The van der Waals surface area contributed by atoms with Gasteiger partial charge in [-0.25, -0.2) is 4.68 Å². The van der Waals surface area contributed by atoms with Crippen LogP contribution in [0.3, 0.4) is 0 Å². The number of likely N-dealkylation sites (N-methyl/N-ethyl adjacent to an activating group) is 1. The summed E-state index contributed by atoms with van der Waals surface area (Å²) in [6, 6.07) is 18.8. The second-order valence-corrected chi connectivity index (χ2v) is 6.91. The van der Waals surface area contributed by atoms with E-state index in [1.807, 2.05) is 49.4 Å². The molecule has 4 rings (SSSR count). The van der Waals surface area contributed by atoms with Crippen molar-refractivity contribution in [3.8, 4) is 0 Å². The van der Waals surface area contributed by atoms with Gasteiger partial charge in [0.25, 0.3) is 5.56 Å². The molecule has 0 aliphatic heterocycles. The van der Waals surface area contributed by atoms with Gasteiger partial charge in [-0.1, -0.05) is 48.0 Å². The highest BCUT2D eigenvalue weighted by Crippen LogP contribution is 2.27. The summed E-state index contributed by atoms with van der Waals surface area (Å²) in [5.74, 6) is -0.193. The van der Waals surface area contributed by atoms with Crippen molar-refractivity contribution in [2.45, 2.75) is 13.5 Å². The molecule has 0 aliphatic rings. The minimum atomic E-state index is -0.309. The van der Waals surface area contributed by atoms with Crippen LogP contribution in [0.1, 0.15) is 6.92 Å². The van der Waals surface area contributed by atoms with Crippen molar-refractivity contribution < 1.29 is 4.79 Å². The van der Waals surface area contributed by atoms with E-state index in [-0.39, 0.29) is 18.0 Å². The Morgan fingerprint density at radius 2 is 1.82 bits per heavy atom. The molecule has 0 unspecified atom stereocenters. The summed E-state index contributed by atoms with van der Waals surface area (Å²) in [7, 11) is 0. The molecule has 3 aromatic carbocycles. The number of hydrogen-bond acceptors (Lipinski definition) is 3. The highest BCUT2D eigenvalue weighted by atomic mass is 35.5. The highest BCUT2D eigenvalue weighted by Gasteiger charge is 2.18. The zero-order valence-corrected chi connectivity index (χ0v) is 16.1. The molecule has 0 bridgehead atoms. The third kappa shape index (κ3) is 3.25. The quantitative estimate of drug-likeness (QED) is 0.522. The summed E-state index contributed by atoms with van der Waals surface area (Å²) in [6.07, 6.45) is 1.56. The number of anilines is 1. The second kappa shape index (κ2) is 7.44. The van der Waals surface area contributed by atoms with Crippen LogP contribution in [0.5, 0.6) is 0 Å². The Balaban J connectivity index is 1.70. The monoisotopic (exact) mass is 391 g/mol. The first-order chi connectivity index (χ1) is 13.6. The molecule has 0 atom stereocenters. The summed E-state index contributed by atoms with van der Waals surface area (Å²) in [5.41, 5.74) is 0.516. The zero-order chi connectivity index (χ0) is 19.7. The number of rotatable bonds is 4. The number of amides is 1. The molecule has 6 heteroatoms. The van der Waals surface area contributed by atoms with Gasteiger partial charge in [0.05, 0.1) is 17.3 Å². The fraction of sp³-hybridized carbons (Fsp3) is 0.136. The van der Waals surface area contributed by atoms with Gasteiger partial charge in [0.15, 0.2) is 0 Å². The fourth-order valence-electron chi connectivity index (χ4n) is 3.41. The highest BCUT2D eigenvalue weighted by molar-refractivity contribution is 6.31. The van der Waals surface area contributed by atoms with Crippen LogP contribution in [0, 0.1) is 0 Å². The molecule has 0 radical (unpaired) electrons. The Kier molecular flexibility index (Phi) is 4.84. The lowest BCUT2D eigenvalue weighted by Gasteiger charge is -2.23. The van der Waals surface area contributed by atoms with Crippen molar-refractivity contribution >= 4 is 44.7 Å². The molecule has 140 valence electrons. The number of nitrogens with zero attached hydrogens (tertiary/aromatic N) is 3. The van der Waals surface area contributed by atoms with Crippen molar-refractivity contribution in [2.24, 2.45) is 0 Å². The van der Waals surface area contributed by atoms with Crippen LogP contribution in [-0.4, -0.2) is 22.2 Å². The lowest BCUT2D eigenvalue weighted by molar-refractivity contribution is -0.119. The van der Waals surface area contributed by atoms with Crippen LogP contribution in [0.15, 0.2) is 71.7 Å². The maximum atomic E-state index is 13.0. The molecule has 0 saturated heterocycles. The van der Waals surface area contributed by atoms with Gasteiger partial charge >= 0.3 is 0 Å². The van der Waals surface area contributed by atoms with Gasteiger partial charge in [-0.05, 0) is 36.6 Å². The van der Waals surface area contributed by atoms with Crippen molar-refractivity contribution in [1.82, 2.24) is 9.78 Å². The second-order valence-electron chi connectivity index (χ2n) is 6.48. The normalized spacial score (nSPS) is 11.1. The van der Waals surface area contributed by atoms with Crippen LogP contribution >= 0.6 is 11.6 Å². The first-order valence-corrected chi connectivity index (χ1v) is 9.40. The van der Waals surface area contributed by atoms with Crippen LogP contribution in [-0.2, 0) is 11.3 Å². The molecule has 0 aliphatic carbocycles. The van der Waals surface area contributed by atoms with Gasteiger partial charge < -0.3 is 4.90 Å². The SMILES string of the molecule is CCN(C(=O)Cn1ncc2cc(Cl)ccc2c1=O)c1cccc2ccccc12. The van der Waals surface area contributed by atoms with Gasteiger partial charge in [-0.3, -0.25) is 9.59 Å². The van der Waals surface area contributed by atoms with Gasteiger partial charge in [0.2, 0.25) is 5.91 Å². The Hall–Kier alpha value is -3.18. The first-order valence-electron chi connectivity index (χ1n) is 9.02. The summed E-state index contributed by atoms with van der Waals surface area (Å²) < 4.78 is 1.20. The fourth-order valence-corrected chi connectivity index (χ4v) is 3.59.